The Bertz CT molecular complexity index is 1220. The fraction of sp³-hybridized carbons (Fsp3) is 0.391. The van der Waals surface area contributed by atoms with Crippen molar-refractivity contribution in [3.63, 3.8) is 0 Å². The minimum Gasteiger partial charge on any atom is -0.393 e. The summed E-state index contributed by atoms with van der Waals surface area (Å²) in [6.45, 7) is 2.06. The second kappa shape index (κ2) is 8.52. The van der Waals surface area contributed by atoms with Crippen molar-refractivity contribution in [3.05, 3.63) is 59.1 Å². The smallest absolute Gasteiger partial charge is 0.155 e. The molecule has 4 heterocycles. The van der Waals surface area contributed by atoms with Crippen LogP contribution in [-0.4, -0.2) is 35.8 Å². The number of fused-ring (bicyclic) bond motifs is 1. The van der Waals surface area contributed by atoms with Gasteiger partial charge in [0.15, 0.2) is 5.82 Å². The van der Waals surface area contributed by atoms with Gasteiger partial charge in [-0.1, -0.05) is 11.8 Å². The fourth-order valence-corrected chi connectivity index (χ4v) is 5.84. The molecule has 1 aliphatic heterocycles. The van der Waals surface area contributed by atoms with Crippen molar-refractivity contribution in [1.29, 1.82) is 5.26 Å². The second-order valence-electron chi connectivity index (χ2n) is 8.31. The van der Waals surface area contributed by atoms with Gasteiger partial charge in [-0.3, -0.25) is 4.68 Å². The molecule has 1 atom stereocenters. The first-order valence-electron chi connectivity index (χ1n) is 10.7. The summed E-state index contributed by atoms with van der Waals surface area (Å²) in [6.07, 6.45) is 10.8. The Labute approximate surface area is 189 Å². The number of halogens is 1. The van der Waals surface area contributed by atoms with E-state index < -0.39 is 0 Å². The second-order valence-corrected chi connectivity index (χ2v) is 9.50. The van der Waals surface area contributed by atoms with Crippen LogP contribution in [0.25, 0.3) is 11.8 Å². The lowest BCUT2D eigenvalue weighted by Crippen LogP contribution is -2.22. The van der Waals surface area contributed by atoms with Gasteiger partial charge in [0.1, 0.15) is 11.1 Å². The lowest BCUT2D eigenvalue weighted by atomic mass is 9.92. The molecule has 164 valence electrons. The molecule has 0 radical (unpaired) electrons. The Morgan fingerprint density at radius 2 is 2.03 bits per heavy atom. The van der Waals surface area contributed by atoms with E-state index in [2.05, 4.69) is 32.9 Å². The average Bonchev–Trinajstić information content (AvgIpc) is 3.39. The molecule has 2 aliphatic rings. The van der Waals surface area contributed by atoms with Crippen molar-refractivity contribution in [2.75, 3.05) is 0 Å². The third-order valence-corrected chi connectivity index (χ3v) is 7.52. The molecule has 5 rings (SSSR count). The summed E-state index contributed by atoms with van der Waals surface area (Å²) >= 11 is 1.31. The number of nitriles is 1. The standard InChI is InChI=1S/C23H23FN6OS/c1-14-19(12-28-30(14)17-4-6-18(31)7-5-17)15-9-21(32-23-20(24)3-2-8-26-23)22-16(10-25)11-27-29(22)13-15/h2-3,8,11-13,17-18,21,31H,4-7,9H2,1H3/t17-,18-,21?. The predicted molar refractivity (Wildman–Crippen MR) is 119 cm³/mol. The highest BCUT2D eigenvalue weighted by Gasteiger charge is 2.31. The van der Waals surface area contributed by atoms with Gasteiger partial charge >= 0.3 is 0 Å². The first-order chi connectivity index (χ1) is 15.5. The highest BCUT2D eigenvalue weighted by molar-refractivity contribution is 7.99. The van der Waals surface area contributed by atoms with Gasteiger partial charge in [-0.2, -0.15) is 15.5 Å². The van der Waals surface area contributed by atoms with Crippen LogP contribution in [0.15, 0.2) is 35.7 Å². The molecule has 3 aromatic rings. The molecule has 3 aromatic heterocycles. The lowest BCUT2D eigenvalue weighted by Gasteiger charge is -2.27. The van der Waals surface area contributed by atoms with Gasteiger partial charge in [0.2, 0.25) is 0 Å². The van der Waals surface area contributed by atoms with Crippen LogP contribution in [0.5, 0.6) is 0 Å². The number of nitrogens with zero attached hydrogens (tertiary/aromatic N) is 6. The Morgan fingerprint density at radius 3 is 2.78 bits per heavy atom. The largest absolute Gasteiger partial charge is 0.393 e. The molecule has 0 amide bonds. The number of allylic oxidation sites excluding steroid dienone is 1. The first kappa shape index (κ1) is 20.9. The molecule has 1 N–H and O–H groups in total. The Hall–Kier alpha value is -2.96. The van der Waals surface area contributed by atoms with Crippen LogP contribution in [0.1, 0.15) is 65.9 Å². The SMILES string of the molecule is Cc1c(C2=Cn3ncc(C#N)c3C(Sc3ncccc3F)C2)cnn1[C@H]1CC[C@H](O)CC1. The van der Waals surface area contributed by atoms with Gasteiger partial charge < -0.3 is 5.11 Å². The van der Waals surface area contributed by atoms with E-state index in [1.165, 1.54) is 17.8 Å². The third kappa shape index (κ3) is 3.74. The van der Waals surface area contributed by atoms with Crippen molar-refractivity contribution in [2.45, 2.75) is 61.4 Å². The lowest BCUT2D eigenvalue weighted by molar-refractivity contribution is 0.107. The third-order valence-electron chi connectivity index (χ3n) is 6.32. The van der Waals surface area contributed by atoms with Crippen molar-refractivity contribution >= 4 is 23.5 Å². The quantitative estimate of drug-likeness (QED) is 0.629. The van der Waals surface area contributed by atoms with E-state index in [-0.39, 0.29) is 23.2 Å². The fourth-order valence-electron chi connectivity index (χ4n) is 4.66. The van der Waals surface area contributed by atoms with Crippen molar-refractivity contribution in [3.8, 4) is 6.07 Å². The number of rotatable bonds is 4. The first-order valence-corrected chi connectivity index (χ1v) is 11.6. The number of thioether (sulfide) groups is 1. The van der Waals surface area contributed by atoms with Gasteiger partial charge in [0.25, 0.3) is 0 Å². The number of pyridine rings is 1. The van der Waals surface area contributed by atoms with Gasteiger partial charge in [-0.25, -0.2) is 14.1 Å². The number of hydrogen-bond donors (Lipinski definition) is 1. The zero-order valence-electron chi connectivity index (χ0n) is 17.6. The van der Waals surface area contributed by atoms with E-state index >= 15 is 0 Å². The maximum atomic E-state index is 14.3. The van der Waals surface area contributed by atoms with Crippen LogP contribution < -0.4 is 0 Å². The van der Waals surface area contributed by atoms with E-state index in [0.717, 1.165) is 48.2 Å². The number of aromatic nitrogens is 5. The molecule has 7 nitrogen and oxygen atoms in total. The van der Waals surface area contributed by atoms with E-state index in [1.807, 2.05) is 12.4 Å². The average molecular weight is 451 g/mol. The van der Waals surface area contributed by atoms with Gasteiger partial charge in [0.05, 0.1) is 41.0 Å². The zero-order valence-corrected chi connectivity index (χ0v) is 18.5. The Balaban J connectivity index is 1.49. The molecule has 1 fully saturated rings. The summed E-state index contributed by atoms with van der Waals surface area (Å²) < 4.78 is 18.1. The maximum absolute atomic E-state index is 14.3. The van der Waals surface area contributed by atoms with Crippen molar-refractivity contribution in [2.24, 2.45) is 0 Å². The Kier molecular flexibility index (Phi) is 5.57. The predicted octanol–water partition coefficient (Wildman–Crippen LogP) is 4.51. The minimum atomic E-state index is -0.373. The summed E-state index contributed by atoms with van der Waals surface area (Å²) in [5.41, 5.74) is 4.39. The van der Waals surface area contributed by atoms with Gasteiger partial charge in [-0.15, -0.1) is 0 Å². The normalized spacial score (nSPS) is 22.8. The zero-order chi connectivity index (χ0) is 22.2. The van der Waals surface area contributed by atoms with Crippen LogP contribution in [-0.2, 0) is 0 Å². The van der Waals surface area contributed by atoms with Crippen molar-refractivity contribution in [1.82, 2.24) is 24.5 Å². The highest BCUT2D eigenvalue weighted by atomic mass is 32.2. The molecule has 32 heavy (non-hydrogen) atoms. The van der Waals surface area contributed by atoms with Gasteiger partial charge in [-0.05, 0) is 56.7 Å². The molecule has 1 unspecified atom stereocenters. The number of hydrogen-bond acceptors (Lipinski definition) is 6. The molecule has 1 saturated carbocycles. The molecule has 0 aromatic carbocycles. The highest BCUT2D eigenvalue weighted by Crippen LogP contribution is 2.46. The maximum Gasteiger partial charge on any atom is 0.155 e. The minimum absolute atomic E-state index is 0.205. The molecule has 0 bridgehead atoms. The summed E-state index contributed by atoms with van der Waals surface area (Å²) in [7, 11) is 0. The number of aliphatic hydroxyl groups is 1. The molecule has 1 aliphatic carbocycles. The summed E-state index contributed by atoms with van der Waals surface area (Å²) in [5, 5.41) is 28.6. The molecular weight excluding hydrogens is 427 g/mol. The van der Waals surface area contributed by atoms with E-state index in [9.17, 15) is 14.8 Å². The topological polar surface area (TPSA) is 92.5 Å². The Morgan fingerprint density at radius 1 is 1.22 bits per heavy atom. The van der Waals surface area contributed by atoms with E-state index in [4.69, 9.17) is 0 Å². The molecular formula is C23H23FN6OS. The van der Waals surface area contributed by atoms with Gasteiger partial charge in [0, 0.05) is 23.7 Å². The van der Waals surface area contributed by atoms with Crippen LogP contribution in [0.2, 0.25) is 0 Å². The van der Waals surface area contributed by atoms with E-state index in [1.54, 1.807) is 23.1 Å². The van der Waals surface area contributed by atoms with Crippen LogP contribution in [0, 0.1) is 24.1 Å². The van der Waals surface area contributed by atoms with Crippen molar-refractivity contribution < 1.29 is 9.50 Å². The summed E-state index contributed by atoms with van der Waals surface area (Å²) in [6, 6.07) is 5.46. The van der Waals surface area contributed by atoms with Crippen LogP contribution >= 0.6 is 11.8 Å². The summed E-state index contributed by atoms with van der Waals surface area (Å²) in [5.74, 6) is -0.373. The van der Waals surface area contributed by atoms with E-state index in [0.29, 0.717) is 17.0 Å². The summed E-state index contributed by atoms with van der Waals surface area (Å²) in [4.78, 5) is 4.19. The van der Waals surface area contributed by atoms with Crippen LogP contribution in [0.3, 0.4) is 0 Å². The molecule has 0 spiro atoms. The monoisotopic (exact) mass is 450 g/mol. The van der Waals surface area contributed by atoms with Crippen LogP contribution in [0.4, 0.5) is 4.39 Å². The molecule has 9 heteroatoms. The molecule has 0 saturated heterocycles. The number of aliphatic hydroxyl groups excluding tert-OH is 1.